The van der Waals surface area contributed by atoms with Crippen LogP contribution in [-0.4, -0.2) is 16.1 Å². The Morgan fingerprint density at radius 1 is 1.47 bits per heavy atom. The zero-order chi connectivity index (χ0) is 13.6. The molecule has 98 valence electrons. The quantitative estimate of drug-likeness (QED) is 0.901. The summed E-state index contributed by atoms with van der Waals surface area (Å²) >= 11 is 9.32. The van der Waals surface area contributed by atoms with E-state index in [4.69, 9.17) is 21.1 Å². The summed E-state index contributed by atoms with van der Waals surface area (Å²) in [5.74, 6) is -0.622. The molecule has 1 heterocycles. The van der Waals surface area contributed by atoms with Crippen molar-refractivity contribution < 1.29 is 14.3 Å². The number of oxazole rings is 1. The van der Waals surface area contributed by atoms with E-state index in [1.54, 1.807) is 18.2 Å². The summed E-state index contributed by atoms with van der Waals surface area (Å²) in [6.07, 6.45) is 1.93. The molecular weight excluding hydrogens is 334 g/mol. The number of benzene rings is 1. The number of carboxylic acids is 1. The molecule has 1 fully saturated rings. The van der Waals surface area contributed by atoms with Gasteiger partial charge in [0.2, 0.25) is 11.7 Å². The Balaban J connectivity index is 2.07. The van der Waals surface area contributed by atoms with Crippen molar-refractivity contribution in [3.63, 3.8) is 0 Å². The van der Waals surface area contributed by atoms with Crippen LogP contribution >= 0.6 is 27.5 Å². The Kier molecular flexibility index (Phi) is 3.11. The number of carbonyl (C=O) groups is 1. The van der Waals surface area contributed by atoms with Gasteiger partial charge >= 0.3 is 5.97 Å². The molecule has 1 aliphatic carbocycles. The number of nitrogens with zero attached hydrogens (tertiary/aromatic N) is 1. The van der Waals surface area contributed by atoms with E-state index in [2.05, 4.69) is 20.9 Å². The van der Waals surface area contributed by atoms with Gasteiger partial charge in [0.25, 0.3) is 0 Å². The zero-order valence-corrected chi connectivity index (χ0v) is 12.0. The van der Waals surface area contributed by atoms with Crippen LogP contribution in [0.5, 0.6) is 0 Å². The fourth-order valence-electron chi connectivity index (χ4n) is 1.87. The van der Waals surface area contributed by atoms with Crippen molar-refractivity contribution in [2.45, 2.75) is 18.8 Å². The number of aromatic carboxylic acids is 1. The standard InChI is InChI=1S/C13H9BrClNO3/c14-8-4-3-7(5-9(8)15)12-16-10(6-1-2-6)11(19-12)13(17)18/h3-6H,1-2H2,(H,17,18). The highest BCUT2D eigenvalue weighted by Crippen LogP contribution is 2.42. The molecule has 6 heteroatoms. The number of carboxylic acid groups (broad SMARTS) is 1. The molecule has 4 nitrogen and oxygen atoms in total. The molecule has 0 saturated heterocycles. The van der Waals surface area contributed by atoms with Gasteiger partial charge in [-0.15, -0.1) is 0 Å². The van der Waals surface area contributed by atoms with Crippen LogP contribution in [0.15, 0.2) is 27.1 Å². The fraction of sp³-hybridized carbons (Fsp3) is 0.231. The molecule has 1 aromatic carbocycles. The topological polar surface area (TPSA) is 63.3 Å². The molecule has 0 unspecified atom stereocenters. The van der Waals surface area contributed by atoms with Gasteiger partial charge in [0.1, 0.15) is 0 Å². The molecule has 0 amide bonds. The minimum Gasteiger partial charge on any atom is -0.475 e. The van der Waals surface area contributed by atoms with E-state index in [9.17, 15) is 4.79 Å². The molecule has 0 spiro atoms. The normalized spacial score (nSPS) is 14.6. The van der Waals surface area contributed by atoms with Crippen LogP contribution in [0.1, 0.15) is 35.0 Å². The fourth-order valence-corrected chi connectivity index (χ4v) is 2.30. The number of halogens is 2. The SMILES string of the molecule is O=C(O)c1oc(-c2ccc(Br)c(Cl)c2)nc1C1CC1. The predicted octanol–water partition coefficient (Wildman–Crippen LogP) is 4.33. The minimum absolute atomic E-state index is 0.0588. The van der Waals surface area contributed by atoms with E-state index >= 15 is 0 Å². The molecule has 2 aromatic rings. The van der Waals surface area contributed by atoms with Crippen molar-refractivity contribution in [3.05, 3.63) is 39.1 Å². The summed E-state index contributed by atoms with van der Waals surface area (Å²) < 4.78 is 6.14. The second-order valence-electron chi connectivity index (χ2n) is 4.44. The van der Waals surface area contributed by atoms with E-state index in [1.807, 2.05) is 0 Å². The van der Waals surface area contributed by atoms with Gasteiger partial charge in [-0.3, -0.25) is 0 Å². The number of rotatable bonds is 3. The lowest BCUT2D eigenvalue weighted by Gasteiger charge is -1.98. The Hall–Kier alpha value is -1.33. The van der Waals surface area contributed by atoms with Gasteiger partial charge in [0.15, 0.2) is 0 Å². The molecule has 3 rings (SSSR count). The van der Waals surface area contributed by atoms with Gasteiger partial charge in [-0.25, -0.2) is 9.78 Å². The van der Waals surface area contributed by atoms with Crippen molar-refractivity contribution in [1.29, 1.82) is 0 Å². The van der Waals surface area contributed by atoms with Gasteiger partial charge < -0.3 is 9.52 Å². The van der Waals surface area contributed by atoms with Crippen LogP contribution in [0.2, 0.25) is 5.02 Å². The molecule has 1 saturated carbocycles. The molecule has 19 heavy (non-hydrogen) atoms. The molecule has 0 atom stereocenters. The van der Waals surface area contributed by atoms with Crippen LogP contribution in [-0.2, 0) is 0 Å². The van der Waals surface area contributed by atoms with Gasteiger partial charge in [0, 0.05) is 16.0 Å². The lowest BCUT2D eigenvalue weighted by Crippen LogP contribution is -1.98. The highest BCUT2D eigenvalue weighted by molar-refractivity contribution is 9.10. The second-order valence-corrected chi connectivity index (χ2v) is 5.70. The lowest BCUT2D eigenvalue weighted by molar-refractivity contribution is 0.0661. The molecule has 1 aromatic heterocycles. The van der Waals surface area contributed by atoms with E-state index < -0.39 is 5.97 Å². The van der Waals surface area contributed by atoms with E-state index in [0.29, 0.717) is 22.2 Å². The van der Waals surface area contributed by atoms with Crippen LogP contribution in [0.3, 0.4) is 0 Å². The predicted molar refractivity (Wildman–Crippen MR) is 73.6 cm³/mol. The third kappa shape index (κ3) is 2.40. The van der Waals surface area contributed by atoms with Crippen LogP contribution in [0.4, 0.5) is 0 Å². The number of hydrogen-bond donors (Lipinski definition) is 1. The molecule has 1 N–H and O–H groups in total. The Bertz CT molecular complexity index is 664. The summed E-state index contributed by atoms with van der Waals surface area (Å²) in [4.78, 5) is 15.5. The van der Waals surface area contributed by atoms with Crippen molar-refractivity contribution in [1.82, 2.24) is 4.98 Å². The minimum atomic E-state index is -1.08. The van der Waals surface area contributed by atoms with Crippen molar-refractivity contribution in [3.8, 4) is 11.5 Å². The number of aromatic nitrogens is 1. The molecule has 1 aliphatic rings. The summed E-state index contributed by atoms with van der Waals surface area (Å²) in [5.41, 5.74) is 1.21. The van der Waals surface area contributed by atoms with Crippen LogP contribution in [0.25, 0.3) is 11.5 Å². The van der Waals surface area contributed by atoms with E-state index in [-0.39, 0.29) is 11.7 Å². The Morgan fingerprint density at radius 3 is 2.79 bits per heavy atom. The summed E-state index contributed by atoms with van der Waals surface area (Å²) in [5, 5.41) is 9.66. The monoisotopic (exact) mass is 341 g/mol. The summed E-state index contributed by atoms with van der Waals surface area (Å²) in [6, 6.07) is 5.25. The molecule has 0 aliphatic heterocycles. The first-order valence-corrected chi connectivity index (χ1v) is 6.93. The maximum absolute atomic E-state index is 11.2. The third-order valence-electron chi connectivity index (χ3n) is 2.98. The third-order valence-corrected chi connectivity index (χ3v) is 4.21. The van der Waals surface area contributed by atoms with Crippen molar-refractivity contribution in [2.75, 3.05) is 0 Å². The molecular formula is C13H9BrClNO3. The van der Waals surface area contributed by atoms with E-state index in [0.717, 1.165) is 17.3 Å². The lowest BCUT2D eigenvalue weighted by atomic mass is 10.2. The van der Waals surface area contributed by atoms with Crippen LogP contribution < -0.4 is 0 Å². The zero-order valence-electron chi connectivity index (χ0n) is 9.69. The first-order valence-electron chi connectivity index (χ1n) is 5.75. The van der Waals surface area contributed by atoms with Gasteiger partial charge in [-0.1, -0.05) is 11.6 Å². The van der Waals surface area contributed by atoms with E-state index in [1.165, 1.54) is 0 Å². The van der Waals surface area contributed by atoms with Crippen molar-refractivity contribution >= 4 is 33.5 Å². The highest BCUT2D eigenvalue weighted by Gasteiger charge is 2.33. The maximum Gasteiger partial charge on any atom is 0.373 e. The summed E-state index contributed by atoms with van der Waals surface area (Å²) in [6.45, 7) is 0. The Morgan fingerprint density at radius 2 is 2.21 bits per heavy atom. The number of hydrogen-bond acceptors (Lipinski definition) is 3. The van der Waals surface area contributed by atoms with Gasteiger partial charge in [0.05, 0.1) is 10.7 Å². The maximum atomic E-state index is 11.2. The highest BCUT2D eigenvalue weighted by atomic mass is 79.9. The largest absolute Gasteiger partial charge is 0.475 e. The second kappa shape index (κ2) is 4.65. The summed E-state index contributed by atoms with van der Waals surface area (Å²) in [7, 11) is 0. The van der Waals surface area contributed by atoms with Crippen LogP contribution in [0, 0.1) is 0 Å². The molecule has 0 bridgehead atoms. The smallest absolute Gasteiger partial charge is 0.373 e. The van der Waals surface area contributed by atoms with Gasteiger partial charge in [-0.2, -0.15) is 0 Å². The first kappa shape index (κ1) is 12.7. The first-order chi connectivity index (χ1) is 9.06. The van der Waals surface area contributed by atoms with Crippen molar-refractivity contribution in [2.24, 2.45) is 0 Å². The Labute approximate surface area is 122 Å². The average molecular weight is 343 g/mol. The van der Waals surface area contributed by atoms with Gasteiger partial charge in [-0.05, 0) is 47.0 Å². The molecule has 0 radical (unpaired) electrons. The average Bonchev–Trinajstić information content (AvgIpc) is 3.11.